The smallest absolute Gasteiger partial charge is 0.191 e. The Labute approximate surface area is 160 Å². The third-order valence-electron chi connectivity index (χ3n) is 3.81. The first-order valence-electron chi connectivity index (χ1n) is 7.65. The predicted octanol–water partition coefficient (Wildman–Crippen LogP) is 3.88. The third-order valence-corrected chi connectivity index (χ3v) is 3.81. The molecule has 0 spiro atoms. The lowest BCUT2D eigenvalue weighted by molar-refractivity contribution is 0.607. The Balaban J connectivity index is 0.00000288. The highest BCUT2D eigenvalue weighted by molar-refractivity contribution is 14.0. The monoisotopic (exact) mass is 442 g/mol. The molecule has 1 heterocycles. The van der Waals surface area contributed by atoms with Gasteiger partial charge in [-0.25, -0.2) is 4.39 Å². The number of hydrogen-bond acceptors (Lipinski definition) is 2. The van der Waals surface area contributed by atoms with Crippen LogP contribution in [0.4, 0.5) is 4.39 Å². The highest BCUT2D eigenvalue weighted by Gasteiger charge is 2.10. The molecule has 0 radical (unpaired) electrons. The maximum atomic E-state index is 13.7. The molecule has 130 valence electrons. The summed E-state index contributed by atoms with van der Waals surface area (Å²) in [5.74, 6) is 0.465. The quantitative estimate of drug-likeness (QED) is 0.429. The molecule has 6 heteroatoms. The van der Waals surface area contributed by atoms with E-state index in [0.717, 1.165) is 16.8 Å². The summed E-state index contributed by atoms with van der Waals surface area (Å²) in [5.41, 5.74) is 3.63. The van der Waals surface area contributed by atoms with Crippen LogP contribution < -0.4 is 10.6 Å². The zero-order chi connectivity index (χ0) is 16.8. The van der Waals surface area contributed by atoms with E-state index < -0.39 is 0 Å². The Kier molecular flexibility index (Phi) is 8.10. The molecule has 2 N–H and O–H groups in total. The number of nitrogens with zero attached hydrogens (tertiary/aromatic N) is 2. The van der Waals surface area contributed by atoms with Gasteiger partial charge in [-0.1, -0.05) is 18.2 Å². The fourth-order valence-corrected chi connectivity index (χ4v) is 2.23. The molecule has 0 aliphatic carbocycles. The van der Waals surface area contributed by atoms with Crippen molar-refractivity contribution in [1.29, 1.82) is 0 Å². The van der Waals surface area contributed by atoms with Gasteiger partial charge in [0.15, 0.2) is 5.96 Å². The van der Waals surface area contributed by atoms with Crippen molar-refractivity contribution >= 4 is 29.9 Å². The normalized spacial score (nSPS) is 12.3. The maximum absolute atomic E-state index is 13.7. The zero-order valence-corrected chi connectivity index (χ0v) is 16.8. The number of aliphatic imine (C=N–C) groups is 1. The zero-order valence-electron chi connectivity index (χ0n) is 14.4. The Morgan fingerprint density at radius 2 is 2.00 bits per heavy atom. The SMILES string of the molecule is CN=C(NCc1ncccc1C)NC(C)c1ccc(C)c(F)c1.I. The molecule has 2 aromatic rings. The molecule has 0 aliphatic rings. The Morgan fingerprint density at radius 3 is 2.62 bits per heavy atom. The van der Waals surface area contributed by atoms with E-state index in [-0.39, 0.29) is 35.8 Å². The van der Waals surface area contributed by atoms with Gasteiger partial charge >= 0.3 is 0 Å². The van der Waals surface area contributed by atoms with Gasteiger partial charge in [0.1, 0.15) is 5.82 Å². The second kappa shape index (κ2) is 9.56. The molecule has 4 nitrogen and oxygen atoms in total. The van der Waals surface area contributed by atoms with Crippen molar-refractivity contribution in [2.75, 3.05) is 7.05 Å². The van der Waals surface area contributed by atoms with Crippen LogP contribution in [0.3, 0.4) is 0 Å². The first-order valence-corrected chi connectivity index (χ1v) is 7.65. The fraction of sp³-hybridized carbons (Fsp3) is 0.333. The van der Waals surface area contributed by atoms with E-state index >= 15 is 0 Å². The molecule has 0 amide bonds. The van der Waals surface area contributed by atoms with E-state index in [9.17, 15) is 4.39 Å². The van der Waals surface area contributed by atoms with Crippen LogP contribution in [0, 0.1) is 19.7 Å². The van der Waals surface area contributed by atoms with Crippen molar-refractivity contribution in [1.82, 2.24) is 15.6 Å². The fourth-order valence-electron chi connectivity index (χ4n) is 2.23. The molecule has 0 aliphatic heterocycles. The van der Waals surface area contributed by atoms with Gasteiger partial charge in [0.05, 0.1) is 18.3 Å². The predicted molar refractivity (Wildman–Crippen MR) is 107 cm³/mol. The van der Waals surface area contributed by atoms with Crippen LogP contribution in [0.2, 0.25) is 0 Å². The second-order valence-corrected chi connectivity index (χ2v) is 5.57. The van der Waals surface area contributed by atoms with Crippen molar-refractivity contribution in [3.05, 3.63) is 64.7 Å². The molecular weight excluding hydrogens is 418 g/mol. The molecule has 0 saturated carbocycles. The summed E-state index contributed by atoms with van der Waals surface area (Å²) >= 11 is 0. The largest absolute Gasteiger partial charge is 0.351 e. The summed E-state index contributed by atoms with van der Waals surface area (Å²) < 4.78 is 13.7. The van der Waals surface area contributed by atoms with Gasteiger partial charge in [-0.05, 0) is 49.6 Å². The van der Waals surface area contributed by atoms with Crippen LogP contribution >= 0.6 is 24.0 Å². The van der Waals surface area contributed by atoms with Crippen LogP contribution in [0.1, 0.15) is 35.3 Å². The van der Waals surface area contributed by atoms with Crippen molar-refractivity contribution in [3.8, 4) is 0 Å². The number of guanidine groups is 1. The molecule has 1 unspecified atom stereocenters. The number of pyridine rings is 1. The molecule has 1 aromatic heterocycles. The Morgan fingerprint density at radius 1 is 1.25 bits per heavy atom. The number of hydrogen-bond donors (Lipinski definition) is 2. The van der Waals surface area contributed by atoms with Gasteiger partial charge < -0.3 is 10.6 Å². The van der Waals surface area contributed by atoms with Gasteiger partial charge in [-0.15, -0.1) is 24.0 Å². The van der Waals surface area contributed by atoms with Crippen LogP contribution in [0.15, 0.2) is 41.5 Å². The van der Waals surface area contributed by atoms with Gasteiger partial charge in [0, 0.05) is 13.2 Å². The topological polar surface area (TPSA) is 49.3 Å². The number of benzene rings is 1. The molecule has 0 bridgehead atoms. The number of nitrogens with one attached hydrogen (secondary N) is 2. The molecule has 0 saturated heterocycles. The minimum atomic E-state index is -0.191. The molecule has 24 heavy (non-hydrogen) atoms. The molecule has 1 atom stereocenters. The van der Waals surface area contributed by atoms with Crippen molar-refractivity contribution in [2.45, 2.75) is 33.4 Å². The van der Waals surface area contributed by atoms with Crippen LogP contribution in [0.25, 0.3) is 0 Å². The minimum absolute atomic E-state index is 0. The van der Waals surface area contributed by atoms with Crippen LogP contribution in [-0.4, -0.2) is 18.0 Å². The summed E-state index contributed by atoms with van der Waals surface area (Å²) in [6, 6.07) is 9.16. The summed E-state index contributed by atoms with van der Waals surface area (Å²) in [6.07, 6.45) is 1.78. The van der Waals surface area contributed by atoms with Crippen molar-refractivity contribution in [3.63, 3.8) is 0 Å². The standard InChI is InChI=1S/C18H23FN4.HI/c1-12-7-8-15(10-16(12)19)14(3)23-18(20-4)22-11-17-13(2)6-5-9-21-17;/h5-10,14H,11H2,1-4H3,(H2,20,22,23);1H. The average Bonchev–Trinajstić information content (AvgIpc) is 2.55. The van der Waals surface area contributed by atoms with Gasteiger partial charge in [-0.2, -0.15) is 0 Å². The van der Waals surface area contributed by atoms with Gasteiger partial charge in [0.25, 0.3) is 0 Å². The van der Waals surface area contributed by atoms with E-state index in [1.165, 1.54) is 0 Å². The lowest BCUT2D eigenvalue weighted by Crippen LogP contribution is -2.38. The van der Waals surface area contributed by atoms with E-state index in [1.54, 1.807) is 32.3 Å². The van der Waals surface area contributed by atoms with E-state index in [2.05, 4.69) is 20.6 Å². The average molecular weight is 442 g/mol. The summed E-state index contributed by atoms with van der Waals surface area (Å²) in [5, 5.41) is 6.50. The highest BCUT2D eigenvalue weighted by Crippen LogP contribution is 2.16. The summed E-state index contributed by atoms with van der Waals surface area (Å²) in [6.45, 7) is 6.34. The Bertz CT molecular complexity index is 703. The van der Waals surface area contributed by atoms with Crippen molar-refractivity contribution < 1.29 is 4.39 Å². The van der Waals surface area contributed by atoms with Crippen LogP contribution in [-0.2, 0) is 6.54 Å². The first kappa shape index (κ1) is 20.3. The lowest BCUT2D eigenvalue weighted by Gasteiger charge is -2.19. The van der Waals surface area contributed by atoms with Crippen LogP contribution in [0.5, 0.6) is 0 Å². The number of aromatic nitrogens is 1. The molecular formula is C18H24FIN4. The molecule has 2 rings (SSSR count). The van der Waals surface area contributed by atoms with E-state index in [4.69, 9.17) is 0 Å². The Hall–Kier alpha value is -1.70. The van der Waals surface area contributed by atoms with Gasteiger partial charge in [0.2, 0.25) is 0 Å². The second-order valence-electron chi connectivity index (χ2n) is 5.57. The molecule has 1 aromatic carbocycles. The number of halogens is 2. The third kappa shape index (κ3) is 5.43. The summed E-state index contributed by atoms with van der Waals surface area (Å²) in [7, 11) is 1.71. The van der Waals surface area contributed by atoms with Crippen molar-refractivity contribution in [2.24, 2.45) is 4.99 Å². The van der Waals surface area contributed by atoms with E-state index in [0.29, 0.717) is 18.1 Å². The highest BCUT2D eigenvalue weighted by atomic mass is 127. The summed E-state index contributed by atoms with van der Waals surface area (Å²) in [4.78, 5) is 8.56. The van der Waals surface area contributed by atoms with Gasteiger partial charge in [-0.3, -0.25) is 9.98 Å². The minimum Gasteiger partial charge on any atom is -0.351 e. The molecule has 0 fully saturated rings. The number of aryl methyl sites for hydroxylation is 2. The first-order chi connectivity index (χ1) is 11.0. The number of rotatable bonds is 4. The lowest BCUT2D eigenvalue weighted by atomic mass is 10.1. The maximum Gasteiger partial charge on any atom is 0.191 e. The van der Waals surface area contributed by atoms with E-state index in [1.807, 2.05) is 32.0 Å².